The van der Waals surface area contributed by atoms with Crippen molar-refractivity contribution < 1.29 is 4.79 Å². The van der Waals surface area contributed by atoms with E-state index in [1.54, 1.807) is 0 Å². The van der Waals surface area contributed by atoms with Crippen LogP contribution in [0.2, 0.25) is 0 Å². The molecule has 0 saturated carbocycles. The van der Waals surface area contributed by atoms with Crippen molar-refractivity contribution in [1.82, 2.24) is 4.90 Å². The van der Waals surface area contributed by atoms with Gasteiger partial charge in [0.05, 0.1) is 6.42 Å². The van der Waals surface area contributed by atoms with E-state index in [2.05, 4.69) is 46.3 Å². The summed E-state index contributed by atoms with van der Waals surface area (Å²) in [5.74, 6) is 0.212. The van der Waals surface area contributed by atoms with Gasteiger partial charge in [0, 0.05) is 18.4 Å². The highest BCUT2D eigenvalue weighted by Crippen LogP contribution is 2.16. The third-order valence-corrected chi connectivity index (χ3v) is 4.03. The lowest BCUT2D eigenvalue weighted by molar-refractivity contribution is -0.130. The molecule has 106 valence electrons. The summed E-state index contributed by atoms with van der Waals surface area (Å²) < 4.78 is 0. The zero-order valence-electron chi connectivity index (χ0n) is 11.8. The van der Waals surface area contributed by atoms with Gasteiger partial charge in [0.25, 0.3) is 0 Å². The minimum absolute atomic E-state index is 0.212. The van der Waals surface area contributed by atoms with Gasteiger partial charge < -0.3 is 4.90 Å². The van der Waals surface area contributed by atoms with Gasteiger partial charge in [-0.1, -0.05) is 58.4 Å². The van der Waals surface area contributed by atoms with Crippen LogP contribution in [0.25, 0.3) is 10.8 Å². The van der Waals surface area contributed by atoms with Crippen molar-refractivity contribution >= 4 is 32.6 Å². The van der Waals surface area contributed by atoms with Crippen LogP contribution in [0.4, 0.5) is 0 Å². The lowest BCUT2D eigenvalue weighted by Gasteiger charge is -2.20. The Morgan fingerprint density at radius 2 is 1.90 bits per heavy atom. The van der Waals surface area contributed by atoms with Crippen LogP contribution in [0.3, 0.4) is 0 Å². The Hall–Kier alpha value is -1.35. The van der Waals surface area contributed by atoms with Crippen LogP contribution >= 0.6 is 15.9 Å². The number of hydrogen-bond acceptors (Lipinski definition) is 1. The molecule has 0 bridgehead atoms. The second-order valence-corrected chi connectivity index (χ2v) is 5.67. The molecule has 2 nitrogen and oxygen atoms in total. The standard InChI is InChI=1S/C17H20BrNO/c1-2-19(11-5-10-18)17(20)13-14-8-9-15-6-3-4-7-16(15)12-14/h3-4,6-9,12H,2,5,10-11,13H2,1H3. The lowest BCUT2D eigenvalue weighted by atomic mass is 10.0. The van der Waals surface area contributed by atoms with E-state index in [1.165, 1.54) is 10.8 Å². The van der Waals surface area contributed by atoms with Gasteiger partial charge in [-0.25, -0.2) is 0 Å². The van der Waals surface area contributed by atoms with E-state index >= 15 is 0 Å². The quantitative estimate of drug-likeness (QED) is 0.731. The molecule has 0 spiro atoms. The van der Waals surface area contributed by atoms with Gasteiger partial charge in [-0.15, -0.1) is 0 Å². The summed E-state index contributed by atoms with van der Waals surface area (Å²) in [5.41, 5.74) is 1.09. The maximum atomic E-state index is 12.3. The largest absolute Gasteiger partial charge is 0.343 e. The normalized spacial score (nSPS) is 10.7. The molecule has 1 amide bonds. The SMILES string of the molecule is CCN(CCCBr)C(=O)Cc1ccc2ccccc2c1. The van der Waals surface area contributed by atoms with Gasteiger partial charge in [-0.2, -0.15) is 0 Å². The van der Waals surface area contributed by atoms with Crippen molar-refractivity contribution in [3.8, 4) is 0 Å². The van der Waals surface area contributed by atoms with Crippen LogP contribution in [0.5, 0.6) is 0 Å². The third-order valence-electron chi connectivity index (χ3n) is 3.47. The Labute approximate surface area is 128 Å². The molecule has 2 rings (SSSR count). The molecule has 0 heterocycles. The number of benzene rings is 2. The number of alkyl halides is 1. The molecular weight excluding hydrogens is 314 g/mol. The maximum Gasteiger partial charge on any atom is 0.226 e. The van der Waals surface area contributed by atoms with Crippen molar-refractivity contribution in [3.05, 3.63) is 48.0 Å². The van der Waals surface area contributed by atoms with Crippen LogP contribution < -0.4 is 0 Å². The molecule has 0 aromatic heterocycles. The van der Waals surface area contributed by atoms with Crippen LogP contribution in [0.15, 0.2) is 42.5 Å². The smallest absolute Gasteiger partial charge is 0.226 e. The summed E-state index contributed by atoms with van der Waals surface area (Å²) in [4.78, 5) is 14.2. The summed E-state index contributed by atoms with van der Waals surface area (Å²) in [6, 6.07) is 14.5. The van der Waals surface area contributed by atoms with E-state index in [0.717, 1.165) is 30.4 Å². The van der Waals surface area contributed by atoms with Crippen molar-refractivity contribution in [3.63, 3.8) is 0 Å². The zero-order chi connectivity index (χ0) is 14.4. The highest BCUT2D eigenvalue weighted by molar-refractivity contribution is 9.09. The van der Waals surface area contributed by atoms with Gasteiger partial charge in [0.1, 0.15) is 0 Å². The first kappa shape index (κ1) is 15.0. The first-order valence-electron chi connectivity index (χ1n) is 7.06. The van der Waals surface area contributed by atoms with Crippen LogP contribution in [-0.2, 0) is 11.2 Å². The molecule has 0 aliphatic heterocycles. The lowest BCUT2D eigenvalue weighted by Crippen LogP contribution is -2.33. The fraction of sp³-hybridized carbons (Fsp3) is 0.353. The van der Waals surface area contributed by atoms with Crippen LogP contribution in [0.1, 0.15) is 18.9 Å². The molecule has 0 atom stereocenters. The fourth-order valence-corrected chi connectivity index (χ4v) is 2.60. The van der Waals surface area contributed by atoms with E-state index in [1.807, 2.05) is 24.0 Å². The van der Waals surface area contributed by atoms with Crippen molar-refractivity contribution in [2.75, 3.05) is 18.4 Å². The average molecular weight is 334 g/mol. The van der Waals surface area contributed by atoms with E-state index in [-0.39, 0.29) is 5.91 Å². The second-order valence-electron chi connectivity index (χ2n) is 4.87. The molecule has 20 heavy (non-hydrogen) atoms. The van der Waals surface area contributed by atoms with Crippen LogP contribution in [0, 0.1) is 0 Å². The molecule has 0 radical (unpaired) electrons. The molecule has 0 N–H and O–H groups in total. The van der Waals surface area contributed by atoms with E-state index in [0.29, 0.717) is 6.42 Å². The number of likely N-dealkylation sites (N-methyl/N-ethyl adjacent to an activating group) is 1. The summed E-state index contributed by atoms with van der Waals surface area (Å²) in [5, 5.41) is 3.35. The number of nitrogens with zero attached hydrogens (tertiary/aromatic N) is 1. The molecular formula is C17H20BrNO. The third kappa shape index (κ3) is 3.83. The summed E-state index contributed by atoms with van der Waals surface area (Å²) in [6.45, 7) is 3.64. The second kappa shape index (κ2) is 7.44. The summed E-state index contributed by atoms with van der Waals surface area (Å²) in [6.07, 6.45) is 1.48. The Morgan fingerprint density at radius 1 is 1.15 bits per heavy atom. The Balaban J connectivity index is 2.08. The van der Waals surface area contributed by atoms with E-state index in [4.69, 9.17) is 0 Å². The highest BCUT2D eigenvalue weighted by Gasteiger charge is 2.11. The van der Waals surface area contributed by atoms with Gasteiger partial charge >= 0.3 is 0 Å². The Morgan fingerprint density at radius 3 is 2.60 bits per heavy atom. The van der Waals surface area contributed by atoms with Gasteiger partial charge in [-0.3, -0.25) is 4.79 Å². The number of halogens is 1. The number of amides is 1. The number of carbonyl (C=O) groups is 1. The van der Waals surface area contributed by atoms with Gasteiger partial charge in [0.15, 0.2) is 0 Å². The molecule has 0 unspecified atom stereocenters. The number of hydrogen-bond donors (Lipinski definition) is 0. The number of carbonyl (C=O) groups excluding carboxylic acids is 1. The average Bonchev–Trinajstić information content (AvgIpc) is 2.48. The molecule has 3 heteroatoms. The predicted octanol–water partition coefficient (Wildman–Crippen LogP) is 4.02. The maximum absolute atomic E-state index is 12.3. The highest BCUT2D eigenvalue weighted by atomic mass is 79.9. The molecule has 0 saturated heterocycles. The molecule has 2 aromatic carbocycles. The fourth-order valence-electron chi connectivity index (χ4n) is 2.34. The Bertz CT molecular complexity index is 582. The first-order valence-corrected chi connectivity index (χ1v) is 8.18. The molecule has 0 aliphatic rings. The molecule has 2 aromatic rings. The van der Waals surface area contributed by atoms with E-state index in [9.17, 15) is 4.79 Å². The van der Waals surface area contributed by atoms with Crippen molar-refractivity contribution in [2.24, 2.45) is 0 Å². The topological polar surface area (TPSA) is 20.3 Å². The predicted molar refractivity (Wildman–Crippen MR) is 88.3 cm³/mol. The minimum Gasteiger partial charge on any atom is -0.343 e. The van der Waals surface area contributed by atoms with Crippen molar-refractivity contribution in [1.29, 1.82) is 0 Å². The minimum atomic E-state index is 0.212. The van der Waals surface area contributed by atoms with Gasteiger partial charge in [-0.05, 0) is 29.7 Å². The monoisotopic (exact) mass is 333 g/mol. The van der Waals surface area contributed by atoms with Crippen LogP contribution in [-0.4, -0.2) is 29.2 Å². The van der Waals surface area contributed by atoms with Gasteiger partial charge in [0.2, 0.25) is 5.91 Å². The first-order chi connectivity index (χ1) is 9.74. The Kier molecular flexibility index (Phi) is 5.60. The molecule has 0 fully saturated rings. The number of rotatable bonds is 6. The number of fused-ring (bicyclic) bond motifs is 1. The molecule has 0 aliphatic carbocycles. The summed E-state index contributed by atoms with van der Waals surface area (Å²) >= 11 is 3.41. The van der Waals surface area contributed by atoms with Crippen molar-refractivity contribution in [2.45, 2.75) is 19.8 Å². The van der Waals surface area contributed by atoms with E-state index < -0.39 is 0 Å². The summed E-state index contributed by atoms with van der Waals surface area (Å²) in [7, 11) is 0. The zero-order valence-corrected chi connectivity index (χ0v) is 13.4.